The molecule has 0 atom stereocenters. The lowest BCUT2D eigenvalue weighted by molar-refractivity contribution is -0.673. The normalized spacial score (nSPS) is 16.5. The van der Waals surface area contributed by atoms with E-state index in [4.69, 9.17) is 4.74 Å². The van der Waals surface area contributed by atoms with Gasteiger partial charge in [0.2, 0.25) is 5.69 Å². The fraction of sp³-hybridized carbons (Fsp3) is 0.316. The summed E-state index contributed by atoms with van der Waals surface area (Å²) in [6.45, 7) is 7.26. The zero-order valence-electron chi connectivity index (χ0n) is 13.2. The van der Waals surface area contributed by atoms with Crippen LogP contribution in [0.3, 0.4) is 0 Å². The minimum absolute atomic E-state index is 0.00506. The summed E-state index contributed by atoms with van der Waals surface area (Å²) < 4.78 is 8.21. The van der Waals surface area contributed by atoms with Gasteiger partial charge in [0.05, 0.1) is 12.2 Å². The van der Waals surface area contributed by atoms with Gasteiger partial charge < -0.3 is 4.74 Å². The van der Waals surface area contributed by atoms with Crippen LogP contribution in [0.5, 0.6) is 5.75 Å². The lowest BCUT2D eigenvalue weighted by Gasteiger charge is -2.18. The van der Waals surface area contributed by atoms with Crippen molar-refractivity contribution in [2.45, 2.75) is 20.8 Å². The Balaban J connectivity index is 2.27. The van der Waals surface area contributed by atoms with E-state index in [0.29, 0.717) is 6.61 Å². The van der Waals surface area contributed by atoms with Crippen LogP contribution in [0, 0.1) is 12.3 Å². The van der Waals surface area contributed by atoms with Crippen molar-refractivity contribution in [3.8, 4) is 5.75 Å². The van der Waals surface area contributed by atoms with Gasteiger partial charge in [-0.2, -0.15) is 0 Å². The molecule has 2 heterocycles. The SMILES string of the molecule is Cc1ccc2c(c1)C(c1cccc[n+]1C)=CC(C)(C)CO2. The molecule has 2 heteroatoms. The molecule has 0 N–H and O–H groups in total. The Hall–Kier alpha value is -2.09. The molecule has 2 aromatic rings. The van der Waals surface area contributed by atoms with Crippen molar-refractivity contribution in [3.05, 3.63) is 65.5 Å². The second-order valence-corrected chi connectivity index (χ2v) is 6.53. The molecule has 0 saturated heterocycles. The average molecular weight is 280 g/mol. The van der Waals surface area contributed by atoms with Crippen molar-refractivity contribution in [2.24, 2.45) is 12.5 Å². The second kappa shape index (κ2) is 5.03. The summed E-state index contributed by atoms with van der Waals surface area (Å²) in [6.07, 6.45) is 4.43. The summed E-state index contributed by atoms with van der Waals surface area (Å²) in [4.78, 5) is 0. The molecule has 0 bridgehead atoms. The van der Waals surface area contributed by atoms with Crippen molar-refractivity contribution in [1.82, 2.24) is 0 Å². The first-order chi connectivity index (χ1) is 9.96. The fourth-order valence-electron chi connectivity index (χ4n) is 2.77. The third-order valence-electron chi connectivity index (χ3n) is 3.89. The van der Waals surface area contributed by atoms with E-state index in [1.54, 1.807) is 0 Å². The number of rotatable bonds is 1. The van der Waals surface area contributed by atoms with E-state index < -0.39 is 0 Å². The molecule has 1 aliphatic heterocycles. The summed E-state index contributed by atoms with van der Waals surface area (Å²) in [6, 6.07) is 12.7. The molecule has 3 rings (SSSR count). The fourth-order valence-corrected chi connectivity index (χ4v) is 2.77. The first-order valence-electron chi connectivity index (χ1n) is 7.38. The second-order valence-electron chi connectivity index (χ2n) is 6.53. The molecule has 0 aliphatic carbocycles. The van der Waals surface area contributed by atoms with Crippen LogP contribution >= 0.6 is 0 Å². The molecule has 0 radical (unpaired) electrons. The van der Waals surface area contributed by atoms with Crippen LogP contribution in [-0.4, -0.2) is 6.61 Å². The van der Waals surface area contributed by atoms with Gasteiger partial charge in [-0.25, -0.2) is 4.57 Å². The highest BCUT2D eigenvalue weighted by Crippen LogP contribution is 2.37. The number of nitrogens with zero attached hydrogens (tertiary/aromatic N) is 1. The number of pyridine rings is 1. The number of fused-ring (bicyclic) bond motifs is 1. The van der Waals surface area contributed by atoms with Crippen LogP contribution in [-0.2, 0) is 7.05 Å². The molecule has 108 valence electrons. The van der Waals surface area contributed by atoms with Crippen molar-refractivity contribution < 1.29 is 9.30 Å². The first kappa shape index (κ1) is 13.9. The Labute approximate surface area is 126 Å². The molecule has 1 aliphatic rings. The number of benzene rings is 1. The highest BCUT2D eigenvalue weighted by Gasteiger charge is 2.27. The third kappa shape index (κ3) is 2.71. The van der Waals surface area contributed by atoms with E-state index in [1.807, 2.05) is 0 Å². The standard InChI is InChI=1S/C19H22NO/c1-14-8-9-18-15(11-14)16(12-19(2,3)13-21-18)17-7-5-6-10-20(17)4/h5-12H,13H2,1-4H3/q+1. The maximum absolute atomic E-state index is 6.05. The van der Waals surface area contributed by atoms with Gasteiger partial charge in [-0.15, -0.1) is 0 Å². The number of aryl methyl sites for hydroxylation is 2. The summed E-state index contributed by atoms with van der Waals surface area (Å²) in [5.74, 6) is 0.973. The van der Waals surface area contributed by atoms with Crippen LogP contribution in [0.2, 0.25) is 0 Å². The van der Waals surface area contributed by atoms with Gasteiger partial charge in [0.15, 0.2) is 6.20 Å². The van der Waals surface area contributed by atoms with Crippen molar-refractivity contribution >= 4 is 5.57 Å². The first-order valence-corrected chi connectivity index (χ1v) is 7.38. The molecule has 1 aromatic heterocycles. The summed E-state index contributed by atoms with van der Waals surface area (Å²) >= 11 is 0. The van der Waals surface area contributed by atoms with Crippen LogP contribution in [0.25, 0.3) is 5.57 Å². The monoisotopic (exact) mass is 280 g/mol. The molecule has 0 saturated carbocycles. The zero-order valence-corrected chi connectivity index (χ0v) is 13.2. The zero-order chi connectivity index (χ0) is 15.0. The average Bonchev–Trinajstić information content (AvgIpc) is 2.56. The smallest absolute Gasteiger partial charge is 0.212 e. The van der Waals surface area contributed by atoms with Gasteiger partial charge in [0.1, 0.15) is 12.8 Å². The van der Waals surface area contributed by atoms with Crippen LogP contribution in [0.15, 0.2) is 48.7 Å². The van der Waals surface area contributed by atoms with Gasteiger partial charge in [-0.1, -0.05) is 31.6 Å². The highest BCUT2D eigenvalue weighted by atomic mass is 16.5. The van der Waals surface area contributed by atoms with Gasteiger partial charge in [-0.05, 0) is 25.1 Å². The lowest BCUT2D eigenvalue weighted by atomic mass is 9.88. The predicted octanol–water partition coefficient (Wildman–Crippen LogP) is 3.67. The van der Waals surface area contributed by atoms with Gasteiger partial charge >= 0.3 is 0 Å². The minimum Gasteiger partial charge on any atom is -0.492 e. The number of aromatic nitrogens is 1. The molecular formula is C19H22NO+. The summed E-state index contributed by atoms with van der Waals surface area (Å²) in [5, 5.41) is 0. The van der Waals surface area contributed by atoms with Gasteiger partial charge in [0.25, 0.3) is 0 Å². The van der Waals surface area contributed by atoms with E-state index in [-0.39, 0.29) is 5.41 Å². The summed E-state index contributed by atoms with van der Waals surface area (Å²) in [5.41, 5.74) is 4.90. The van der Waals surface area contributed by atoms with Gasteiger partial charge in [-0.3, -0.25) is 0 Å². The van der Waals surface area contributed by atoms with Crippen LogP contribution in [0.1, 0.15) is 30.7 Å². The topological polar surface area (TPSA) is 13.1 Å². The largest absolute Gasteiger partial charge is 0.492 e. The van der Waals surface area contributed by atoms with Crippen LogP contribution < -0.4 is 9.30 Å². The highest BCUT2D eigenvalue weighted by molar-refractivity contribution is 5.81. The molecule has 1 aromatic carbocycles. The Morgan fingerprint density at radius 1 is 1.14 bits per heavy atom. The number of hydrogen-bond donors (Lipinski definition) is 0. The molecule has 0 fully saturated rings. The van der Waals surface area contributed by atoms with E-state index in [1.165, 1.54) is 22.4 Å². The van der Waals surface area contributed by atoms with Crippen molar-refractivity contribution in [2.75, 3.05) is 6.61 Å². The third-order valence-corrected chi connectivity index (χ3v) is 3.89. The Morgan fingerprint density at radius 2 is 1.95 bits per heavy atom. The minimum atomic E-state index is 0.00506. The maximum Gasteiger partial charge on any atom is 0.212 e. The summed E-state index contributed by atoms with van der Waals surface area (Å²) in [7, 11) is 2.09. The van der Waals surface area contributed by atoms with E-state index >= 15 is 0 Å². The molecule has 0 spiro atoms. The number of hydrogen-bond acceptors (Lipinski definition) is 1. The van der Waals surface area contributed by atoms with E-state index in [0.717, 1.165) is 5.75 Å². The lowest BCUT2D eigenvalue weighted by Crippen LogP contribution is -2.32. The Kier molecular flexibility index (Phi) is 3.32. The predicted molar refractivity (Wildman–Crippen MR) is 85.2 cm³/mol. The Bertz CT molecular complexity index is 713. The quantitative estimate of drug-likeness (QED) is 0.726. The molecule has 21 heavy (non-hydrogen) atoms. The molecule has 2 nitrogen and oxygen atoms in total. The Morgan fingerprint density at radius 3 is 2.71 bits per heavy atom. The van der Waals surface area contributed by atoms with Gasteiger partial charge in [0, 0.05) is 23.1 Å². The number of ether oxygens (including phenoxy) is 1. The maximum atomic E-state index is 6.05. The molecular weight excluding hydrogens is 258 g/mol. The van der Waals surface area contributed by atoms with Crippen molar-refractivity contribution in [3.63, 3.8) is 0 Å². The van der Waals surface area contributed by atoms with Crippen LogP contribution in [0.4, 0.5) is 0 Å². The molecule has 0 unspecified atom stereocenters. The van der Waals surface area contributed by atoms with Crippen molar-refractivity contribution in [1.29, 1.82) is 0 Å². The molecule has 0 amide bonds. The van der Waals surface area contributed by atoms with E-state index in [9.17, 15) is 0 Å². The van der Waals surface area contributed by atoms with E-state index in [2.05, 4.69) is 81.1 Å².